The van der Waals surface area contributed by atoms with E-state index in [9.17, 15) is 0 Å². The molecule has 2 aromatic carbocycles. The number of aromatic nitrogens is 1. The standard InChI is InChI=1S/C15H12Cl2N2S/c1-8-3-4-12-14(5-8)20-15(18-12)19-13-7-10(16)9(2)6-11(13)17/h3-7H,1-2H3,(H,18,19). The molecule has 0 fully saturated rings. The first-order chi connectivity index (χ1) is 9.52. The molecule has 3 aromatic rings. The number of nitrogens with zero attached hydrogens (tertiary/aromatic N) is 1. The molecule has 0 aliphatic carbocycles. The number of rotatable bonds is 2. The van der Waals surface area contributed by atoms with Crippen molar-refractivity contribution in [3.8, 4) is 0 Å². The molecule has 2 nitrogen and oxygen atoms in total. The van der Waals surface area contributed by atoms with Gasteiger partial charge in [-0.1, -0.05) is 40.6 Å². The van der Waals surface area contributed by atoms with E-state index < -0.39 is 0 Å². The Kier molecular flexibility index (Phi) is 3.59. The highest BCUT2D eigenvalue weighted by Crippen LogP contribution is 2.34. The number of aryl methyl sites for hydroxylation is 2. The van der Waals surface area contributed by atoms with E-state index in [2.05, 4.69) is 29.4 Å². The van der Waals surface area contributed by atoms with Gasteiger partial charge in [-0.15, -0.1) is 0 Å². The monoisotopic (exact) mass is 322 g/mol. The highest BCUT2D eigenvalue weighted by Gasteiger charge is 2.08. The Labute approximate surface area is 131 Å². The van der Waals surface area contributed by atoms with Crippen molar-refractivity contribution in [2.75, 3.05) is 5.32 Å². The highest BCUT2D eigenvalue weighted by atomic mass is 35.5. The largest absolute Gasteiger partial charge is 0.330 e. The fraction of sp³-hybridized carbons (Fsp3) is 0.133. The van der Waals surface area contributed by atoms with Crippen molar-refractivity contribution in [2.24, 2.45) is 0 Å². The molecule has 0 saturated carbocycles. The summed E-state index contributed by atoms with van der Waals surface area (Å²) in [6, 6.07) is 9.89. The average molecular weight is 323 g/mol. The quantitative estimate of drug-likeness (QED) is 0.629. The Morgan fingerprint density at radius 3 is 2.65 bits per heavy atom. The smallest absolute Gasteiger partial charge is 0.188 e. The summed E-state index contributed by atoms with van der Waals surface area (Å²) in [5.74, 6) is 0. The number of hydrogen-bond acceptors (Lipinski definition) is 3. The molecule has 0 aliphatic rings. The van der Waals surface area contributed by atoms with Gasteiger partial charge in [0.1, 0.15) is 0 Å². The summed E-state index contributed by atoms with van der Waals surface area (Å²) in [5.41, 5.74) is 3.95. The van der Waals surface area contributed by atoms with E-state index in [1.54, 1.807) is 11.3 Å². The van der Waals surface area contributed by atoms with E-state index in [4.69, 9.17) is 23.2 Å². The van der Waals surface area contributed by atoms with Crippen LogP contribution in [-0.4, -0.2) is 4.98 Å². The van der Waals surface area contributed by atoms with Crippen molar-refractivity contribution in [1.29, 1.82) is 0 Å². The fourth-order valence-electron chi connectivity index (χ4n) is 1.94. The Morgan fingerprint density at radius 2 is 1.85 bits per heavy atom. The number of anilines is 2. The third-order valence-electron chi connectivity index (χ3n) is 3.03. The molecule has 5 heteroatoms. The lowest BCUT2D eigenvalue weighted by molar-refractivity contribution is 1.41. The van der Waals surface area contributed by atoms with Gasteiger partial charge in [-0.05, 0) is 49.2 Å². The molecule has 0 unspecified atom stereocenters. The van der Waals surface area contributed by atoms with Crippen LogP contribution in [0.3, 0.4) is 0 Å². The molecule has 1 aromatic heterocycles. The number of nitrogens with one attached hydrogen (secondary N) is 1. The number of hydrogen-bond donors (Lipinski definition) is 1. The van der Waals surface area contributed by atoms with Crippen molar-refractivity contribution in [2.45, 2.75) is 13.8 Å². The van der Waals surface area contributed by atoms with Gasteiger partial charge in [-0.2, -0.15) is 0 Å². The van der Waals surface area contributed by atoms with Crippen molar-refractivity contribution < 1.29 is 0 Å². The normalized spacial score (nSPS) is 11.0. The molecule has 0 amide bonds. The molecule has 1 N–H and O–H groups in total. The Morgan fingerprint density at radius 1 is 1.05 bits per heavy atom. The van der Waals surface area contributed by atoms with Gasteiger partial charge in [0, 0.05) is 5.02 Å². The van der Waals surface area contributed by atoms with Crippen molar-refractivity contribution in [3.05, 3.63) is 51.5 Å². The predicted molar refractivity (Wildman–Crippen MR) is 88.8 cm³/mol. The van der Waals surface area contributed by atoms with Gasteiger partial charge in [0.2, 0.25) is 0 Å². The van der Waals surface area contributed by atoms with E-state index in [0.717, 1.165) is 26.6 Å². The number of fused-ring (bicyclic) bond motifs is 1. The lowest BCUT2D eigenvalue weighted by Gasteiger charge is -2.07. The molecular formula is C15H12Cl2N2S. The molecule has 0 radical (unpaired) electrons. The van der Waals surface area contributed by atoms with E-state index in [0.29, 0.717) is 10.0 Å². The first kappa shape index (κ1) is 13.7. The Bertz CT molecular complexity index is 796. The molecule has 0 saturated heterocycles. The maximum atomic E-state index is 6.23. The molecule has 3 rings (SSSR count). The van der Waals surface area contributed by atoms with Crippen LogP contribution in [0.15, 0.2) is 30.3 Å². The summed E-state index contributed by atoms with van der Waals surface area (Å²) in [5, 5.41) is 5.38. The minimum atomic E-state index is 0.641. The Hall–Kier alpha value is -1.29. The van der Waals surface area contributed by atoms with Gasteiger partial charge in [-0.25, -0.2) is 4.98 Å². The summed E-state index contributed by atoms with van der Waals surface area (Å²) < 4.78 is 1.15. The maximum absolute atomic E-state index is 6.23. The van der Waals surface area contributed by atoms with E-state index in [1.165, 1.54) is 5.56 Å². The summed E-state index contributed by atoms with van der Waals surface area (Å²) in [7, 11) is 0. The van der Waals surface area contributed by atoms with Crippen LogP contribution in [0.25, 0.3) is 10.2 Å². The summed E-state index contributed by atoms with van der Waals surface area (Å²) in [6.07, 6.45) is 0. The molecule has 0 aliphatic heterocycles. The maximum Gasteiger partial charge on any atom is 0.188 e. The SMILES string of the molecule is Cc1ccc2nc(Nc3cc(Cl)c(C)cc3Cl)sc2c1. The van der Waals surface area contributed by atoms with Gasteiger partial charge in [0.25, 0.3) is 0 Å². The second-order valence-corrected chi connectivity index (χ2v) is 6.54. The van der Waals surface area contributed by atoms with Gasteiger partial charge in [-0.3, -0.25) is 0 Å². The second-order valence-electron chi connectivity index (χ2n) is 4.70. The lowest BCUT2D eigenvalue weighted by atomic mass is 10.2. The molecular weight excluding hydrogens is 311 g/mol. The van der Waals surface area contributed by atoms with Crippen LogP contribution in [0.4, 0.5) is 10.8 Å². The second kappa shape index (κ2) is 5.24. The van der Waals surface area contributed by atoms with Crippen LogP contribution in [0.1, 0.15) is 11.1 Å². The van der Waals surface area contributed by atoms with Crippen LogP contribution >= 0.6 is 34.5 Å². The van der Waals surface area contributed by atoms with Gasteiger partial charge in [0.15, 0.2) is 5.13 Å². The van der Waals surface area contributed by atoms with Gasteiger partial charge in [0.05, 0.1) is 20.9 Å². The van der Waals surface area contributed by atoms with Crippen LogP contribution < -0.4 is 5.32 Å². The molecule has 0 atom stereocenters. The summed E-state index contributed by atoms with van der Waals surface area (Å²) in [4.78, 5) is 4.55. The van der Waals surface area contributed by atoms with Gasteiger partial charge >= 0.3 is 0 Å². The third kappa shape index (κ3) is 2.62. The minimum absolute atomic E-state index is 0.641. The summed E-state index contributed by atoms with van der Waals surface area (Å²) >= 11 is 14.0. The zero-order valence-electron chi connectivity index (χ0n) is 11.0. The Balaban J connectivity index is 1.99. The average Bonchev–Trinajstić information content (AvgIpc) is 2.77. The van der Waals surface area contributed by atoms with Crippen molar-refractivity contribution in [3.63, 3.8) is 0 Å². The predicted octanol–water partition coefficient (Wildman–Crippen LogP) is 5.96. The van der Waals surface area contributed by atoms with Crippen LogP contribution in [0.2, 0.25) is 10.0 Å². The van der Waals surface area contributed by atoms with Crippen LogP contribution in [0.5, 0.6) is 0 Å². The molecule has 0 spiro atoms. The zero-order chi connectivity index (χ0) is 14.3. The summed E-state index contributed by atoms with van der Waals surface area (Å²) in [6.45, 7) is 4.00. The lowest BCUT2D eigenvalue weighted by Crippen LogP contribution is -1.91. The molecule has 102 valence electrons. The number of halogens is 2. The van der Waals surface area contributed by atoms with Crippen LogP contribution in [-0.2, 0) is 0 Å². The van der Waals surface area contributed by atoms with Crippen LogP contribution in [0, 0.1) is 13.8 Å². The van der Waals surface area contributed by atoms with E-state index in [1.807, 2.05) is 25.1 Å². The first-order valence-electron chi connectivity index (χ1n) is 6.13. The molecule has 1 heterocycles. The topological polar surface area (TPSA) is 24.9 Å². The van der Waals surface area contributed by atoms with Crippen molar-refractivity contribution in [1.82, 2.24) is 4.98 Å². The first-order valence-corrected chi connectivity index (χ1v) is 7.70. The molecule has 20 heavy (non-hydrogen) atoms. The van der Waals surface area contributed by atoms with Crippen molar-refractivity contribution >= 4 is 55.6 Å². The minimum Gasteiger partial charge on any atom is -0.330 e. The molecule has 0 bridgehead atoms. The third-order valence-corrected chi connectivity index (χ3v) is 4.69. The highest BCUT2D eigenvalue weighted by molar-refractivity contribution is 7.22. The van der Waals surface area contributed by atoms with E-state index >= 15 is 0 Å². The van der Waals surface area contributed by atoms with Gasteiger partial charge < -0.3 is 5.32 Å². The number of thiazole rings is 1. The zero-order valence-corrected chi connectivity index (χ0v) is 13.3. The van der Waals surface area contributed by atoms with E-state index in [-0.39, 0.29) is 0 Å². The fourth-order valence-corrected chi connectivity index (χ4v) is 3.35. The number of benzene rings is 2.